The van der Waals surface area contributed by atoms with E-state index >= 15 is 0 Å². The second-order valence-electron chi connectivity index (χ2n) is 8.16. The minimum absolute atomic E-state index is 0.104. The number of hydrogen-bond acceptors (Lipinski definition) is 3. The van der Waals surface area contributed by atoms with Gasteiger partial charge >= 0.3 is 0 Å². The van der Waals surface area contributed by atoms with Gasteiger partial charge < -0.3 is 4.57 Å². The molecule has 0 spiro atoms. The molecule has 0 unspecified atom stereocenters. The van der Waals surface area contributed by atoms with Crippen molar-refractivity contribution in [2.75, 3.05) is 0 Å². The lowest BCUT2D eigenvalue weighted by Gasteiger charge is -2.14. The van der Waals surface area contributed by atoms with Gasteiger partial charge in [-0.3, -0.25) is 4.79 Å². The zero-order chi connectivity index (χ0) is 22.4. The summed E-state index contributed by atoms with van der Waals surface area (Å²) in [4.78, 5) is 13.4. The molecular weight excluding hydrogens is 410 g/mol. The Labute approximate surface area is 190 Å². The summed E-state index contributed by atoms with van der Waals surface area (Å²) in [5.74, 6) is 0. The van der Waals surface area contributed by atoms with Crippen molar-refractivity contribution in [1.82, 2.24) is 24.1 Å². The summed E-state index contributed by atoms with van der Waals surface area (Å²) in [5.41, 5.74) is 6.24. The van der Waals surface area contributed by atoms with Crippen LogP contribution in [-0.4, -0.2) is 24.1 Å². The van der Waals surface area contributed by atoms with Crippen molar-refractivity contribution in [3.8, 4) is 22.6 Å². The second kappa shape index (κ2) is 7.60. The molecule has 4 aromatic rings. The first-order chi connectivity index (χ1) is 16.2. The van der Waals surface area contributed by atoms with Crippen molar-refractivity contribution >= 4 is 10.9 Å². The van der Waals surface area contributed by atoms with Crippen LogP contribution in [0.15, 0.2) is 102 Å². The van der Waals surface area contributed by atoms with E-state index in [4.69, 9.17) is 5.10 Å². The van der Waals surface area contributed by atoms with Crippen molar-refractivity contribution in [1.29, 1.82) is 0 Å². The molecule has 6 heteroatoms. The predicted octanol–water partition coefficient (Wildman–Crippen LogP) is 4.83. The highest BCUT2D eigenvalue weighted by Gasteiger charge is 2.21. The van der Waals surface area contributed by atoms with Gasteiger partial charge in [-0.25, -0.2) is 4.68 Å². The average Bonchev–Trinajstić information content (AvgIpc) is 3.49. The first-order valence-corrected chi connectivity index (χ1v) is 10.8. The Bertz CT molecular complexity index is 1610. The molecular formula is C27H21N5O. The van der Waals surface area contributed by atoms with Crippen LogP contribution < -0.4 is 5.56 Å². The van der Waals surface area contributed by atoms with Crippen molar-refractivity contribution in [2.24, 2.45) is 0 Å². The summed E-state index contributed by atoms with van der Waals surface area (Å²) in [6.45, 7) is 2.64. The van der Waals surface area contributed by atoms with Crippen LogP contribution in [0.2, 0.25) is 0 Å². The number of fused-ring (bicyclic) bond motifs is 3. The molecule has 3 heterocycles. The van der Waals surface area contributed by atoms with Gasteiger partial charge in [0.25, 0.3) is 5.56 Å². The lowest BCUT2D eigenvalue weighted by Crippen LogP contribution is -2.16. The van der Waals surface area contributed by atoms with Crippen molar-refractivity contribution in [3.63, 3.8) is 0 Å². The third kappa shape index (κ3) is 3.24. The van der Waals surface area contributed by atoms with Gasteiger partial charge in [-0.15, -0.1) is 0 Å². The zero-order valence-electron chi connectivity index (χ0n) is 18.1. The fraction of sp³-hybridized carbons (Fsp3) is 0.0741. The Balaban J connectivity index is 1.48. The zero-order valence-corrected chi connectivity index (χ0v) is 18.1. The topological polar surface area (TPSA) is 57.6 Å². The fourth-order valence-corrected chi connectivity index (χ4v) is 4.35. The van der Waals surface area contributed by atoms with E-state index in [0.717, 1.165) is 39.1 Å². The summed E-state index contributed by atoms with van der Waals surface area (Å²) in [6.07, 6.45) is 5.62. The van der Waals surface area contributed by atoms with E-state index in [1.165, 1.54) is 4.68 Å². The monoisotopic (exact) mass is 431 g/mol. The predicted molar refractivity (Wildman–Crippen MR) is 129 cm³/mol. The molecule has 0 radical (unpaired) electrons. The Kier molecular flexibility index (Phi) is 4.43. The molecule has 160 valence electrons. The molecule has 6 nitrogen and oxygen atoms in total. The maximum absolute atomic E-state index is 13.4. The molecule has 0 bridgehead atoms. The standard InChI is InChI=1S/C27H21N5O/c1-19-7-2-4-9-24(19)32-27(33)23-18-30(25-10-5-3-8-22(25)26(23)29-32)17-20-11-13-21(14-12-20)31-16-6-15-28-31/h2-16,18H,17H2,1H3. The van der Waals surface area contributed by atoms with Crippen molar-refractivity contribution in [2.45, 2.75) is 13.5 Å². The van der Waals surface area contributed by atoms with E-state index in [1.54, 1.807) is 6.20 Å². The Hall–Kier alpha value is -4.45. The number of rotatable bonds is 4. The van der Waals surface area contributed by atoms with Gasteiger partial charge in [0.05, 0.1) is 22.5 Å². The van der Waals surface area contributed by atoms with Gasteiger partial charge in [-0.1, -0.05) is 48.5 Å². The van der Waals surface area contributed by atoms with E-state index < -0.39 is 0 Å². The van der Waals surface area contributed by atoms with Gasteiger partial charge in [-0.2, -0.15) is 14.9 Å². The average molecular weight is 431 g/mol. The fourth-order valence-electron chi connectivity index (χ4n) is 4.35. The first kappa shape index (κ1) is 19.3. The van der Waals surface area contributed by atoms with Gasteiger partial charge in [0.1, 0.15) is 5.69 Å². The molecule has 0 saturated carbocycles. The maximum Gasteiger partial charge on any atom is 0.282 e. The summed E-state index contributed by atoms with van der Waals surface area (Å²) >= 11 is 0. The third-order valence-corrected chi connectivity index (χ3v) is 6.03. The summed E-state index contributed by atoms with van der Waals surface area (Å²) in [6, 6.07) is 26.1. The quantitative estimate of drug-likeness (QED) is 0.402. The SMILES string of the molecule is Cc1ccccc1-n1nc2c3ccccc3n(Cc3ccc(-n4cccn4)cc3)cc-2c1=O. The first-order valence-electron chi connectivity index (χ1n) is 10.8. The van der Waals surface area contributed by atoms with Crippen LogP contribution in [0.1, 0.15) is 11.1 Å². The number of benzene rings is 3. The highest BCUT2D eigenvalue weighted by atomic mass is 16.1. The summed E-state index contributed by atoms with van der Waals surface area (Å²) in [7, 11) is 0. The van der Waals surface area contributed by atoms with Crippen LogP contribution in [0.4, 0.5) is 0 Å². The van der Waals surface area contributed by atoms with E-state index in [-0.39, 0.29) is 5.56 Å². The van der Waals surface area contributed by atoms with Crippen LogP contribution in [-0.2, 0) is 6.54 Å². The minimum Gasteiger partial charge on any atom is -0.342 e. The third-order valence-electron chi connectivity index (χ3n) is 6.03. The van der Waals surface area contributed by atoms with Crippen LogP contribution in [0.25, 0.3) is 33.5 Å². The number of aryl methyl sites for hydroxylation is 1. The molecule has 2 aliphatic heterocycles. The molecule has 33 heavy (non-hydrogen) atoms. The molecule has 0 fully saturated rings. The Morgan fingerprint density at radius 3 is 2.45 bits per heavy atom. The van der Waals surface area contributed by atoms with E-state index in [9.17, 15) is 4.79 Å². The number of pyridine rings is 1. The largest absolute Gasteiger partial charge is 0.342 e. The van der Waals surface area contributed by atoms with Crippen molar-refractivity contribution < 1.29 is 0 Å². The molecule has 2 aliphatic rings. The molecule has 0 saturated heterocycles. The van der Waals surface area contributed by atoms with Crippen molar-refractivity contribution in [3.05, 3.63) is 119 Å². The Morgan fingerprint density at radius 1 is 0.879 bits per heavy atom. The highest BCUT2D eigenvalue weighted by molar-refractivity contribution is 5.93. The van der Waals surface area contributed by atoms with Crippen LogP contribution in [0, 0.1) is 6.92 Å². The molecule has 1 aromatic heterocycles. The summed E-state index contributed by atoms with van der Waals surface area (Å²) in [5, 5.41) is 9.99. The lowest BCUT2D eigenvalue weighted by molar-refractivity contribution is 0.824. The van der Waals surface area contributed by atoms with Gasteiger partial charge in [0.15, 0.2) is 0 Å². The molecule has 6 rings (SSSR count). The minimum atomic E-state index is -0.104. The van der Waals surface area contributed by atoms with E-state index in [1.807, 2.05) is 72.5 Å². The number of nitrogens with zero attached hydrogens (tertiary/aromatic N) is 5. The maximum atomic E-state index is 13.4. The summed E-state index contributed by atoms with van der Waals surface area (Å²) < 4.78 is 5.49. The van der Waals surface area contributed by atoms with Gasteiger partial charge in [0.2, 0.25) is 0 Å². The van der Waals surface area contributed by atoms with Gasteiger partial charge in [-0.05, 0) is 48.4 Å². The normalized spacial score (nSPS) is 11.4. The molecule has 0 amide bonds. The smallest absolute Gasteiger partial charge is 0.282 e. The highest BCUT2D eigenvalue weighted by Crippen LogP contribution is 2.29. The van der Waals surface area contributed by atoms with Crippen LogP contribution in [0.3, 0.4) is 0 Å². The van der Waals surface area contributed by atoms with Crippen LogP contribution >= 0.6 is 0 Å². The molecule has 0 N–H and O–H groups in total. The van der Waals surface area contributed by atoms with E-state index in [0.29, 0.717) is 12.1 Å². The molecule has 3 aromatic carbocycles. The van der Waals surface area contributed by atoms with E-state index in [2.05, 4.69) is 40.0 Å². The number of hydrogen-bond donors (Lipinski definition) is 0. The second-order valence-corrected chi connectivity index (χ2v) is 8.16. The van der Waals surface area contributed by atoms with Crippen LogP contribution in [0.5, 0.6) is 0 Å². The Morgan fingerprint density at radius 2 is 1.67 bits per heavy atom. The number of aromatic nitrogens is 5. The van der Waals surface area contributed by atoms with Gasteiger partial charge in [0, 0.05) is 30.5 Å². The molecule has 0 atom stereocenters. The molecule has 0 aliphatic carbocycles. The number of para-hydroxylation sites is 2. The lowest BCUT2D eigenvalue weighted by atomic mass is 10.1.